The maximum atomic E-state index is 12.1. The third-order valence-electron chi connectivity index (χ3n) is 4.22. The molecule has 0 aromatic heterocycles. The molecule has 1 rings (SSSR count). The highest BCUT2D eigenvalue weighted by Crippen LogP contribution is 2.35. The van der Waals surface area contributed by atoms with Crippen molar-refractivity contribution in [3.8, 4) is 0 Å². The fraction of sp³-hybridized carbons (Fsp3) is 0.867. The van der Waals surface area contributed by atoms with E-state index in [0.717, 1.165) is 44.9 Å². The predicted molar refractivity (Wildman–Crippen MR) is 74.9 cm³/mol. The van der Waals surface area contributed by atoms with E-state index in [-0.39, 0.29) is 12.3 Å². The Morgan fingerprint density at radius 1 is 1.32 bits per heavy atom. The molecule has 4 nitrogen and oxygen atoms in total. The summed E-state index contributed by atoms with van der Waals surface area (Å²) >= 11 is 0. The lowest BCUT2D eigenvalue weighted by molar-refractivity contribution is -0.140. The molecular formula is C15H27NO3. The number of amides is 1. The predicted octanol–water partition coefficient (Wildman–Crippen LogP) is 3.11. The molecule has 1 fully saturated rings. The van der Waals surface area contributed by atoms with Crippen LogP contribution < -0.4 is 5.32 Å². The molecule has 1 aliphatic carbocycles. The minimum Gasteiger partial charge on any atom is -0.481 e. The van der Waals surface area contributed by atoms with Crippen molar-refractivity contribution < 1.29 is 14.7 Å². The Hall–Kier alpha value is -1.06. The van der Waals surface area contributed by atoms with E-state index in [1.54, 1.807) is 0 Å². The van der Waals surface area contributed by atoms with Crippen molar-refractivity contribution >= 4 is 11.9 Å². The normalized spacial score (nSPS) is 18.4. The van der Waals surface area contributed by atoms with E-state index < -0.39 is 11.5 Å². The third kappa shape index (κ3) is 5.21. The van der Waals surface area contributed by atoms with Crippen molar-refractivity contribution in [2.45, 2.75) is 77.2 Å². The Labute approximate surface area is 116 Å². The Morgan fingerprint density at radius 3 is 2.42 bits per heavy atom. The summed E-state index contributed by atoms with van der Waals surface area (Å²) < 4.78 is 0. The Morgan fingerprint density at radius 2 is 2.00 bits per heavy atom. The third-order valence-corrected chi connectivity index (χ3v) is 4.22. The van der Waals surface area contributed by atoms with E-state index in [0.29, 0.717) is 12.3 Å². The van der Waals surface area contributed by atoms with Crippen molar-refractivity contribution in [2.75, 3.05) is 0 Å². The number of carboxylic acids is 1. The van der Waals surface area contributed by atoms with Crippen LogP contribution >= 0.6 is 0 Å². The van der Waals surface area contributed by atoms with E-state index in [1.165, 1.54) is 0 Å². The highest BCUT2D eigenvalue weighted by molar-refractivity contribution is 5.78. The molecule has 1 aliphatic rings. The monoisotopic (exact) mass is 269 g/mol. The molecule has 4 heteroatoms. The van der Waals surface area contributed by atoms with E-state index in [1.807, 2.05) is 0 Å². The molecule has 110 valence electrons. The van der Waals surface area contributed by atoms with Crippen LogP contribution in [0.5, 0.6) is 0 Å². The average Bonchev–Trinajstić information content (AvgIpc) is 2.31. The maximum Gasteiger partial charge on any atom is 0.305 e. The zero-order valence-corrected chi connectivity index (χ0v) is 12.2. The Kier molecular flexibility index (Phi) is 6.32. The van der Waals surface area contributed by atoms with Crippen LogP contribution in [-0.4, -0.2) is 22.5 Å². The number of unbranched alkanes of at least 4 members (excludes halogenated alkanes) is 1. The summed E-state index contributed by atoms with van der Waals surface area (Å²) in [4.78, 5) is 22.9. The van der Waals surface area contributed by atoms with Crippen LogP contribution in [0.4, 0.5) is 0 Å². The number of carbonyl (C=O) groups is 2. The van der Waals surface area contributed by atoms with Gasteiger partial charge in [-0.05, 0) is 31.6 Å². The van der Waals surface area contributed by atoms with Gasteiger partial charge in [0, 0.05) is 6.42 Å². The van der Waals surface area contributed by atoms with Gasteiger partial charge in [0.2, 0.25) is 5.91 Å². The second-order valence-corrected chi connectivity index (χ2v) is 5.87. The van der Waals surface area contributed by atoms with Crippen molar-refractivity contribution in [2.24, 2.45) is 5.92 Å². The summed E-state index contributed by atoms with van der Waals surface area (Å²) in [5.74, 6) is -0.358. The molecule has 19 heavy (non-hydrogen) atoms. The molecule has 0 aromatic carbocycles. The smallest absolute Gasteiger partial charge is 0.305 e. The fourth-order valence-electron chi connectivity index (χ4n) is 2.79. The van der Waals surface area contributed by atoms with Crippen molar-refractivity contribution in [3.05, 3.63) is 0 Å². The van der Waals surface area contributed by atoms with Gasteiger partial charge in [0.25, 0.3) is 0 Å². The van der Waals surface area contributed by atoms with Gasteiger partial charge >= 0.3 is 5.97 Å². The summed E-state index contributed by atoms with van der Waals surface area (Å²) in [6.07, 6.45) is 7.63. The van der Waals surface area contributed by atoms with Crippen molar-refractivity contribution in [1.29, 1.82) is 0 Å². The molecule has 1 unspecified atom stereocenters. The minimum atomic E-state index is -0.821. The summed E-state index contributed by atoms with van der Waals surface area (Å²) in [6, 6.07) is 0. The van der Waals surface area contributed by atoms with Gasteiger partial charge in [-0.15, -0.1) is 0 Å². The minimum absolute atomic E-state index is 0.0314. The lowest BCUT2D eigenvalue weighted by Gasteiger charge is -2.41. The highest BCUT2D eigenvalue weighted by Gasteiger charge is 2.40. The quantitative estimate of drug-likeness (QED) is 0.676. The SMILES string of the molecule is CCCCC(CC)CC(=O)NC1(CC(=O)O)CCC1. The number of rotatable bonds is 9. The Balaban J connectivity index is 2.42. The van der Waals surface area contributed by atoms with Crippen LogP contribution in [0.1, 0.15) is 71.6 Å². The molecule has 1 amide bonds. The summed E-state index contributed by atoms with van der Waals surface area (Å²) in [6.45, 7) is 4.27. The van der Waals surface area contributed by atoms with Crippen molar-refractivity contribution in [1.82, 2.24) is 5.32 Å². The summed E-state index contributed by atoms with van der Waals surface area (Å²) in [5, 5.41) is 11.9. The average molecular weight is 269 g/mol. The number of carbonyl (C=O) groups excluding carboxylic acids is 1. The second-order valence-electron chi connectivity index (χ2n) is 5.87. The first kappa shape index (κ1) is 16.0. The number of nitrogens with one attached hydrogen (secondary N) is 1. The van der Waals surface area contributed by atoms with Gasteiger partial charge in [0.1, 0.15) is 0 Å². The first-order chi connectivity index (χ1) is 9.01. The molecule has 0 bridgehead atoms. The van der Waals surface area contributed by atoms with Crippen molar-refractivity contribution in [3.63, 3.8) is 0 Å². The second kappa shape index (κ2) is 7.51. The van der Waals surface area contributed by atoms with Gasteiger partial charge < -0.3 is 10.4 Å². The van der Waals surface area contributed by atoms with Gasteiger partial charge in [-0.1, -0.05) is 33.1 Å². The fourth-order valence-corrected chi connectivity index (χ4v) is 2.79. The number of hydrogen-bond donors (Lipinski definition) is 2. The van der Waals surface area contributed by atoms with Gasteiger partial charge in [0.15, 0.2) is 0 Å². The van der Waals surface area contributed by atoms with Gasteiger partial charge in [-0.2, -0.15) is 0 Å². The lowest BCUT2D eigenvalue weighted by Crippen LogP contribution is -2.54. The van der Waals surface area contributed by atoms with E-state index in [2.05, 4.69) is 19.2 Å². The zero-order valence-electron chi connectivity index (χ0n) is 12.2. The topological polar surface area (TPSA) is 66.4 Å². The molecule has 0 spiro atoms. The highest BCUT2D eigenvalue weighted by atomic mass is 16.4. The number of carboxylic acid groups (broad SMARTS) is 1. The zero-order chi connectivity index (χ0) is 14.3. The lowest BCUT2D eigenvalue weighted by atomic mass is 9.74. The molecule has 0 radical (unpaired) electrons. The van der Waals surface area contributed by atoms with Crippen LogP contribution in [0.2, 0.25) is 0 Å². The Bertz CT molecular complexity index is 311. The maximum absolute atomic E-state index is 12.1. The summed E-state index contributed by atoms with van der Waals surface area (Å²) in [7, 11) is 0. The number of hydrogen-bond acceptors (Lipinski definition) is 2. The standard InChI is InChI=1S/C15H27NO3/c1-3-5-7-12(4-2)10-13(17)16-15(8-6-9-15)11-14(18)19/h12H,3-11H2,1-2H3,(H,16,17)(H,18,19). The van der Waals surface area contributed by atoms with Gasteiger partial charge in [-0.25, -0.2) is 0 Å². The first-order valence-corrected chi connectivity index (χ1v) is 7.54. The van der Waals surface area contributed by atoms with E-state index in [9.17, 15) is 9.59 Å². The van der Waals surface area contributed by atoms with Crippen LogP contribution in [0, 0.1) is 5.92 Å². The molecule has 2 N–H and O–H groups in total. The molecule has 0 heterocycles. The van der Waals surface area contributed by atoms with Gasteiger partial charge in [-0.3, -0.25) is 9.59 Å². The summed E-state index contributed by atoms with van der Waals surface area (Å²) in [5.41, 5.74) is -0.452. The van der Waals surface area contributed by atoms with Crippen LogP contribution in [0.25, 0.3) is 0 Å². The van der Waals surface area contributed by atoms with E-state index in [4.69, 9.17) is 5.11 Å². The largest absolute Gasteiger partial charge is 0.481 e. The molecule has 0 saturated heterocycles. The molecule has 1 atom stereocenters. The molecule has 0 aliphatic heterocycles. The number of aliphatic carboxylic acids is 1. The van der Waals surface area contributed by atoms with Crippen LogP contribution in [-0.2, 0) is 9.59 Å². The molecule has 0 aromatic rings. The molecule has 1 saturated carbocycles. The van der Waals surface area contributed by atoms with E-state index >= 15 is 0 Å². The first-order valence-electron chi connectivity index (χ1n) is 7.54. The molecular weight excluding hydrogens is 242 g/mol. The van der Waals surface area contributed by atoms with Gasteiger partial charge in [0.05, 0.1) is 12.0 Å². The van der Waals surface area contributed by atoms with Crippen LogP contribution in [0.15, 0.2) is 0 Å². The van der Waals surface area contributed by atoms with Crippen LogP contribution in [0.3, 0.4) is 0 Å².